The summed E-state index contributed by atoms with van der Waals surface area (Å²) in [5.41, 5.74) is 3.26. The van der Waals surface area contributed by atoms with Gasteiger partial charge in [-0.2, -0.15) is 0 Å². The van der Waals surface area contributed by atoms with Crippen molar-refractivity contribution in [2.24, 2.45) is 5.92 Å². The molecule has 3 aromatic carbocycles. The summed E-state index contributed by atoms with van der Waals surface area (Å²) < 4.78 is 41.2. The number of likely N-dealkylation sites (N-methyl/N-ethyl adjacent to an activating group) is 1. The van der Waals surface area contributed by atoms with Crippen molar-refractivity contribution in [3.63, 3.8) is 0 Å². The molecule has 2 heterocycles. The fourth-order valence-corrected chi connectivity index (χ4v) is 5.28. The monoisotopic (exact) mass is 467 g/mol. The number of anilines is 2. The van der Waals surface area contributed by atoms with Gasteiger partial charge in [0, 0.05) is 31.3 Å². The SMILES string of the molecule is CN1c2ccc(-c3ccc(F)cc3)cc2[C@@H]2[C@@H](CCN2C(=O)Nc2cc(F)ccc2F)[C@@H]1CO. The van der Waals surface area contributed by atoms with Gasteiger partial charge in [0.15, 0.2) is 0 Å². The highest BCUT2D eigenvalue weighted by atomic mass is 19.1. The molecule has 1 saturated heterocycles. The fourth-order valence-electron chi connectivity index (χ4n) is 5.28. The average molecular weight is 467 g/mol. The Morgan fingerprint density at radius 1 is 1.00 bits per heavy atom. The van der Waals surface area contributed by atoms with Crippen LogP contribution in [0.1, 0.15) is 18.0 Å². The first-order chi connectivity index (χ1) is 16.4. The van der Waals surface area contributed by atoms with Crippen molar-refractivity contribution in [3.8, 4) is 11.1 Å². The maximum atomic E-state index is 14.2. The lowest BCUT2D eigenvalue weighted by Crippen LogP contribution is -2.48. The van der Waals surface area contributed by atoms with Crippen molar-refractivity contribution in [1.82, 2.24) is 4.90 Å². The smallest absolute Gasteiger partial charge is 0.322 e. The zero-order valence-electron chi connectivity index (χ0n) is 18.5. The topological polar surface area (TPSA) is 55.8 Å². The number of amides is 2. The highest BCUT2D eigenvalue weighted by molar-refractivity contribution is 5.90. The molecule has 5 nitrogen and oxygen atoms in total. The second-order valence-electron chi connectivity index (χ2n) is 8.79. The maximum Gasteiger partial charge on any atom is 0.322 e. The van der Waals surface area contributed by atoms with Crippen molar-refractivity contribution in [1.29, 1.82) is 0 Å². The molecule has 0 saturated carbocycles. The van der Waals surface area contributed by atoms with Crippen LogP contribution in [0.3, 0.4) is 0 Å². The van der Waals surface area contributed by atoms with Crippen LogP contribution >= 0.6 is 0 Å². The molecule has 0 unspecified atom stereocenters. The number of aliphatic hydroxyl groups is 1. The Morgan fingerprint density at radius 3 is 2.44 bits per heavy atom. The van der Waals surface area contributed by atoms with Crippen molar-refractivity contribution >= 4 is 17.4 Å². The van der Waals surface area contributed by atoms with Crippen molar-refractivity contribution in [2.45, 2.75) is 18.5 Å². The van der Waals surface area contributed by atoms with Crippen molar-refractivity contribution in [3.05, 3.63) is 83.7 Å². The Balaban J connectivity index is 1.54. The molecule has 3 aromatic rings. The highest BCUT2D eigenvalue weighted by Crippen LogP contribution is 2.49. The van der Waals surface area contributed by atoms with Gasteiger partial charge in [0.1, 0.15) is 17.5 Å². The van der Waals surface area contributed by atoms with E-state index in [-0.39, 0.29) is 36.1 Å². The zero-order valence-corrected chi connectivity index (χ0v) is 18.5. The number of fused-ring (bicyclic) bond motifs is 3. The Morgan fingerprint density at radius 2 is 1.71 bits per heavy atom. The summed E-state index contributed by atoms with van der Waals surface area (Å²) in [7, 11) is 1.92. The van der Waals surface area contributed by atoms with E-state index in [2.05, 4.69) is 5.32 Å². The third kappa shape index (κ3) is 3.77. The predicted octanol–water partition coefficient (Wildman–Crippen LogP) is 5.18. The zero-order chi connectivity index (χ0) is 24.0. The lowest BCUT2D eigenvalue weighted by atomic mass is 9.81. The largest absolute Gasteiger partial charge is 0.394 e. The van der Waals surface area contributed by atoms with Crippen molar-refractivity contribution < 1.29 is 23.1 Å². The Kier molecular flexibility index (Phi) is 5.69. The lowest BCUT2D eigenvalue weighted by molar-refractivity contribution is 0.168. The molecule has 8 heteroatoms. The molecule has 0 aliphatic carbocycles. The molecule has 2 N–H and O–H groups in total. The van der Waals surface area contributed by atoms with Crippen LogP contribution in [-0.2, 0) is 0 Å². The van der Waals surface area contributed by atoms with E-state index in [1.807, 2.05) is 30.1 Å². The van der Waals surface area contributed by atoms with E-state index in [1.54, 1.807) is 17.0 Å². The van der Waals surface area contributed by atoms with Crippen LogP contribution in [0.4, 0.5) is 29.3 Å². The number of rotatable bonds is 3. The standard InChI is InChI=1S/C26H24F3N3O2/c1-31-23-9-4-16(15-2-5-17(27)6-3-15)12-20(23)25-19(24(31)14-33)10-11-32(25)26(34)30-22-13-18(28)7-8-21(22)29/h2-9,12-13,19,24-25,33H,10-11,14H2,1H3,(H,30,34)/t19-,24-,25-/m0/s1. The number of urea groups is 1. The van der Waals surface area contributed by atoms with Crippen LogP contribution in [0, 0.1) is 23.4 Å². The van der Waals surface area contributed by atoms with E-state index >= 15 is 0 Å². The fraction of sp³-hybridized carbons (Fsp3) is 0.269. The lowest BCUT2D eigenvalue weighted by Gasteiger charge is -2.44. The van der Waals surface area contributed by atoms with Gasteiger partial charge in [-0.15, -0.1) is 0 Å². The van der Waals surface area contributed by atoms with Crippen LogP contribution in [0.5, 0.6) is 0 Å². The van der Waals surface area contributed by atoms with Crippen LogP contribution in [0.2, 0.25) is 0 Å². The van der Waals surface area contributed by atoms with Gasteiger partial charge in [-0.1, -0.05) is 18.2 Å². The number of carbonyl (C=O) groups is 1. The third-order valence-corrected chi connectivity index (χ3v) is 6.96. The molecular weight excluding hydrogens is 443 g/mol. The highest BCUT2D eigenvalue weighted by Gasteiger charge is 2.47. The predicted molar refractivity (Wildman–Crippen MR) is 124 cm³/mol. The minimum absolute atomic E-state index is 0.0472. The summed E-state index contributed by atoms with van der Waals surface area (Å²) in [5.74, 6) is -1.74. The molecule has 1 fully saturated rings. The number of benzene rings is 3. The van der Waals surface area contributed by atoms with E-state index < -0.39 is 17.7 Å². The third-order valence-electron chi connectivity index (χ3n) is 6.96. The molecule has 2 amide bonds. The molecule has 3 atom stereocenters. The number of aliphatic hydroxyl groups excluding tert-OH is 1. The molecule has 2 aliphatic heterocycles. The van der Waals surface area contributed by atoms with Gasteiger partial charge in [0.05, 0.1) is 24.4 Å². The van der Waals surface area contributed by atoms with Crippen LogP contribution in [-0.4, -0.2) is 42.3 Å². The first kappa shape index (κ1) is 22.3. The summed E-state index contributed by atoms with van der Waals surface area (Å²) in [5, 5.41) is 12.6. The molecule has 0 bridgehead atoms. The average Bonchev–Trinajstić information content (AvgIpc) is 3.27. The number of hydrogen-bond acceptors (Lipinski definition) is 3. The van der Waals surface area contributed by atoms with E-state index in [0.29, 0.717) is 13.0 Å². The Hall–Kier alpha value is -3.52. The number of nitrogens with one attached hydrogen (secondary N) is 1. The van der Waals surface area contributed by atoms with Gasteiger partial charge in [0.25, 0.3) is 0 Å². The number of nitrogens with zero attached hydrogens (tertiary/aromatic N) is 2. The maximum absolute atomic E-state index is 14.2. The molecule has 5 rings (SSSR count). The normalized spacial score (nSPS) is 21.3. The molecule has 0 spiro atoms. The van der Waals surface area contributed by atoms with Crippen LogP contribution < -0.4 is 10.2 Å². The Bertz CT molecular complexity index is 1230. The first-order valence-electron chi connectivity index (χ1n) is 11.1. The second kappa shape index (κ2) is 8.68. The molecule has 0 aromatic heterocycles. The van der Waals surface area contributed by atoms with Gasteiger partial charge in [-0.05, 0) is 59.5 Å². The Labute approximate surface area is 195 Å². The minimum Gasteiger partial charge on any atom is -0.394 e. The molecular formula is C26H24F3N3O2. The number of likely N-dealkylation sites (tertiary alicyclic amines) is 1. The second-order valence-corrected chi connectivity index (χ2v) is 8.79. The van der Waals surface area contributed by atoms with Crippen molar-refractivity contribution in [2.75, 3.05) is 30.4 Å². The van der Waals surface area contributed by atoms with Crippen LogP contribution in [0.15, 0.2) is 60.7 Å². The van der Waals surface area contributed by atoms with Crippen LogP contribution in [0.25, 0.3) is 11.1 Å². The van der Waals surface area contributed by atoms with Gasteiger partial charge in [-0.3, -0.25) is 0 Å². The molecule has 176 valence electrons. The van der Waals surface area contributed by atoms with Gasteiger partial charge in [-0.25, -0.2) is 18.0 Å². The quantitative estimate of drug-likeness (QED) is 0.558. The number of hydrogen-bond donors (Lipinski definition) is 2. The van der Waals surface area contributed by atoms with Gasteiger partial charge >= 0.3 is 6.03 Å². The summed E-state index contributed by atoms with van der Waals surface area (Å²) in [6.45, 7) is 0.327. The summed E-state index contributed by atoms with van der Waals surface area (Å²) >= 11 is 0. The van der Waals surface area contributed by atoms with Gasteiger partial charge < -0.3 is 20.2 Å². The molecule has 0 radical (unpaired) electrons. The number of carbonyl (C=O) groups excluding carboxylic acids is 1. The summed E-state index contributed by atoms with van der Waals surface area (Å²) in [4.78, 5) is 16.9. The summed E-state index contributed by atoms with van der Waals surface area (Å²) in [6.07, 6.45) is 0.652. The van der Waals surface area contributed by atoms with E-state index in [1.165, 1.54) is 12.1 Å². The summed E-state index contributed by atoms with van der Waals surface area (Å²) in [6, 6.07) is 13.9. The number of halogens is 3. The minimum atomic E-state index is -0.721. The molecule has 2 aliphatic rings. The van der Waals surface area contributed by atoms with E-state index in [9.17, 15) is 23.1 Å². The van der Waals surface area contributed by atoms with E-state index in [4.69, 9.17) is 0 Å². The van der Waals surface area contributed by atoms with Gasteiger partial charge in [0.2, 0.25) is 0 Å². The first-order valence-corrected chi connectivity index (χ1v) is 11.1. The van der Waals surface area contributed by atoms with E-state index in [0.717, 1.165) is 40.6 Å². The molecule has 34 heavy (non-hydrogen) atoms.